The number of anilines is 2. The predicted molar refractivity (Wildman–Crippen MR) is 82.9 cm³/mol. The first-order valence-corrected chi connectivity index (χ1v) is 7.39. The summed E-state index contributed by atoms with van der Waals surface area (Å²) in [5.74, 6) is 1.74. The highest BCUT2D eigenvalue weighted by atomic mass is 35.5. The van der Waals surface area contributed by atoms with Gasteiger partial charge in [0.1, 0.15) is 16.8 Å². The van der Waals surface area contributed by atoms with Crippen LogP contribution in [0.4, 0.5) is 11.5 Å². The standard InChI is InChI=1S/C16H18ClN3/c1-4-14-18-15(17)11(3)16(19-14)20-10(2)9-12-7-5-6-8-13(12)20/h5-8,10H,4,9H2,1-3H3. The van der Waals surface area contributed by atoms with E-state index in [1.165, 1.54) is 11.3 Å². The molecule has 0 amide bonds. The van der Waals surface area contributed by atoms with Crippen molar-refractivity contribution < 1.29 is 0 Å². The van der Waals surface area contributed by atoms with Crippen molar-refractivity contribution in [3.05, 3.63) is 46.4 Å². The third-order valence-electron chi connectivity index (χ3n) is 3.86. The molecule has 2 heterocycles. The highest BCUT2D eigenvalue weighted by Gasteiger charge is 2.29. The fourth-order valence-corrected chi connectivity index (χ4v) is 2.98. The first-order chi connectivity index (χ1) is 9.61. The highest BCUT2D eigenvalue weighted by molar-refractivity contribution is 6.30. The normalized spacial score (nSPS) is 17.4. The van der Waals surface area contributed by atoms with E-state index >= 15 is 0 Å². The molecule has 3 nitrogen and oxygen atoms in total. The van der Waals surface area contributed by atoms with Gasteiger partial charge in [0.25, 0.3) is 0 Å². The lowest BCUT2D eigenvalue weighted by atomic mass is 10.1. The second-order valence-corrected chi connectivity index (χ2v) is 5.64. The summed E-state index contributed by atoms with van der Waals surface area (Å²) in [5, 5.41) is 0.559. The Morgan fingerprint density at radius 3 is 2.80 bits per heavy atom. The fourth-order valence-electron chi connectivity index (χ4n) is 2.80. The lowest BCUT2D eigenvalue weighted by Gasteiger charge is -2.26. The molecule has 104 valence electrons. The number of aromatic nitrogens is 2. The van der Waals surface area contributed by atoms with Crippen LogP contribution in [0.2, 0.25) is 5.15 Å². The van der Waals surface area contributed by atoms with Gasteiger partial charge in [-0.2, -0.15) is 0 Å². The number of hydrogen-bond acceptors (Lipinski definition) is 3. The smallest absolute Gasteiger partial charge is 0.141 e. The van der Waals surface area contributed by atoms with Gasteiger partial charge in [0.2, 0.25) is 0 Å². The zero-order valence-electron chi connectivity index (χ0n) is 12.0. The van der Waals surface area contributed by atoms with E-state index in [1.54, 1.807) is 0 Å². The zero-order valence-corrected chi connectivity index (χ0v) is 12.8. The third kappa shape index (κ3) is 2.06. The van der Waals surface area contributed by atoms with Crippen molar-refractivity contribution in [3.63, 3.8) is 0 Å². The number of nitrogens with zero attached hydrogens (tertiary/aromatic N) is 3. The number of hydrogen-bond donors (Lipinski definition) is 0. The molecule has 1 aromatic heterocycles. The number of aryl methyl sites for hydroxylation is 1. The Labute approximate surface area is 124 Å². The quantitative estimate of drug-likeness (QED) is 0.779. The van der Waals surface area contributed by atoms with Gasteiger partial charge in [-0.05, 0) is 31.9 Å². The molecule has 2 aromatic rings. The van der Waals surface area contributed by atoms with Crippen LogP contribution < -0.4 is 4.90 Å². The summed E-state index contributed by atoms with van der Waals surface area (Å²) in [6.45, 7) is 6.26. The van der Waals surface area contributed by atoms with E-state index in [2.05, 4.69) is 41.1 Å². The van der Waals surface area contributed by atoms with Crippen LogP contribution >= 0.6 is 11.6 Å². The van der Waals surface area contributed by atoms with Crippen molar-refractivity contribution in [2.45, 2.75) is 39.7 Å². The lowest BCUT2D eigenvalue weighted by Crippen LogP contribution is -2.26. The molecule has 0 spiro atoms. The van der Waals surface area contributed by atoms with Crippen LogP contribution in [-0.4, -0.2) is 16.0 Å². The van der Waals surface area contributed by atoms with Gasteiger partial charge in [-0.1, -0.05) is 36.7 Å². The van der Waals surface area contributed by atoms with Gasteiger partial charge < -0.3 is 4.90 Å². The Morgan fingerprint density at radius 2 is 2.05 bits per heavy atom. The van der Waals surface area contributed by atoms with Crippen LogP contribution in [0.1, 0.15) is 30.8 Å². The highest BCUT2D eigenvalue weighted by Crippen LogP contribution is 2.39. The number of para-hydroxylation sites is 1. The maximum absolute atomic E-state index is 6.27. The molecule has 0 aliphatic carbocycles. The van der Waals surface area contributed by atoms with Crippen molar-refractivity contribution in [1.29, 1.82) is 0 Å². The zero-order chi connectivity index (χ0) is 14.3. The average molecular weight is 288 g/mol. The third-order valence-corrected chi connectivity index (χ3v) is 4.23. The first-order valence-electron chi connectivity index (χ1n) is 7.02. The van der Waals surface area contributed by atoms with E-state index in [0.717, 1.165) is 30.0 Å². The molecular weight excluding hydrogens is 270 g/mol. The van der Waals surface area contributed by atoms with Gasteiger partial charge >= 0.3 is 0 Å². The van der Waals surface area contributed by atoms with Gasteiger partial charge in [-0.15, -0.1) is 0 Å². The van der Waals surface area contributed by atoms with Gasteiger partial charge in [0, 0.05) is 23.7 Å². The summed E-state index contributed by atoms with van der Waals surface area (Å²) >= 11 is 6.27. The van der Waals surface area contributed by atoms with E-state index in [0.29, 0.717) is 11.2 Å². The molecular formula is C16H18ClN3. The average Bonchev–Trinajstić information content (AvgIpc) is 2.77. The minimum atomic E-state index is 0.391. The fraction of sp³-hybridized carbons (Fsp3) is 0.375. The summed E-state index contributed by atoms with van der Waals surface area (Å²) in [6, 6.07) is 8.89. The molecule has 1 aliphatic heterocycles. The summed E-state index contributed by atoms with van der Waals surface area (Å²) in [5.41, 5.74) is 3.56. The Morgan fingerprint density at radius 1 is 1.30 bits per heavy atom. The van der Waals surface area contributed by atoms with Crippen LogP contribution in [0.25, 0.3) is 0 Å². The van der Waals surface area contributed by atoms with E-state index in [-0.39, 0.29) is 0 Å². The molecule has 0 N–H and O–H groups in total. The van der Waals surface area contributed by atoms with Crippen molar-refractivity contribution >= 4 is 23.1 Å². The summed E-state index contributed by atoms with van der Waals surface area (Å²) in [7, 11) is 0. The Balaban J connectivity index is 2.16. The van der Waals surface area contributed by atoms with Crippen LogP contribution in [0, 0.1) is 6.92 Å². The monoisotopic (exact) mass is 287 g/mol. The largest absolute Gasteiger partial charge is 0.323 e. The second-order valence-electron chi connectivity index (χ2n) is 5.28. The van der Waals surface area contributed by atoms with Crippen molar-refractivity contribution in [2.75, 3.05) is 4.90 Å². The van der Waals surface area contributed by atoms with Gasteiger partial charge in [0.05, 0.1) is 0 Å². The topological polar surface area (TPSA) is 29.0 Å². The first kappa shape index (κ1) is 13.4. The van der Waals surface area contributed by atoms with Gasteiger partial charge in [0.15, 0.2) is 0 Å². The molecule has 0 bridgehead atoms. The summed E-state index contributed by atoms with van der Waals surface area (Å²) < 4.78 is 0. The molecule has 3 rings (SSSR count). The molecule has 20 heavy (non-hydrogen) atoms. The van der Waals surface area contributed by atoms with Crippen LogP contribution in [-0.2, 0) is 12.8 Å². The maximum atomic E-state index is 6.27. The Bertz CT molecular complexity index is 654. The maximum Gasteiger partial charge on any atom is 0.141 e. The SMILES string of the molecule is CCc1nc(Cl)c(C)c(N2c3ccccc3CC2C)n1. The molecule has 1 unspecified atom stereocenters. The molecule has 0 saturated heterocycles. The molecule has 1 atom stereocenters. The second kappa shape index (κ2) is 5.06. The molecule has 0 fully saturated rings. The van der Waals surface area contributed by atoms with Crippen molar-refractivity contribution in [3.8, 4) is 0 Å². The Kier molecular flexibility index (Phi) is 3.38. The molecule has 0 radical (unpaired) electrons. The number of fused-ring (bicyclic) bond motifs is 1. The molecule has 1 aliphatic rings. The predicted octanol–water partition coefficient (Wildman–Crippen LogP) is 4.08. The Hall–Kier alpha value is -1.61. The van der Waals surface area contributed by atoms with E-state index < -0.39 is 0 Å². The van der Waals surface area contributed by atoms with Crippen LogP contribution in [0.3, 0.4) is 0 Å². The van der Waals surface area contributed by atoms with E-state index in [1.807, 2.05) is 13.8 Å². The number of benzene rings is 1. The summed E-state index contributed by atoms with van der Waals surface area (Å²) in [4.78, 5) is 11.3. The molecule has 0 saturated carbocycles. The summed E-state index contributed by atoms with van der Waals surface area (Å²) in [6.07, 6.45) is 1.83. The molecule has 1 aromatic carbocycles. The lowest BCUT2D eigenvalue weighted by molar-refractivity contribution is 0.741. The van der Waals surface area contributed by atoms with Gasteiger partial charge in [-0.25, -0.2) is 9.97 Å². The van der Waals surface area contributed by atoms with Gasteiger partial charge in [-0.3, -0.25) is 0 Å². The van der Waals surface area contributed by atoms with Crippen molar-refractivity contribution in [1.82, 2.24) is 9.97 Å². The number of rotatable bonds is 2. The van der Waals surface area contributed by atoms with Crippen molar-refractivity contribution in [2.24, 2.45) is 0 Å². The van der Waals surface area contributed by atoms with Crippen LogP contribution in [0.15, 0.2) is 24.3 Å². The van der Waals surface area contributed by atoms with E-state index in [9.17, 15) is 0 Å². The molecule has 4 heteroatoms. The number of halogens is 1. The van der Waals surface area contributed by atoms with E-state index in [4.69, 9.17) is 16.6 Å². The minimum Gasteiger partial charge on any atom is -0.323 e. The van der Waals surface area contributed by atoms with Crippen LogP contribution in [0.5, 0.6) is 0 Å². The minimum absolute atomic E-state index is 0.391.